The molecule has 3 nitrogen and oxygen atoms in total. The zero-order valence-corrected chi connectivity index (χ0v) is 10.5. The number of carbonyl (C=O) groups is 1. The summed E-state index contributed by atoms with van der Waals surface area (Å²) in [6.07, 6.45) is 1.09. The van der Waals surface area contributed by atoms with Gasteiger partial charge in [0.25, 0.3) is 0 Å². The van der Waals surface area contributed by atoms with E-state index in [4.69, 9.17) is 0 Å². The van der Waals surface area contributed by atoms with Crippen LogP contribution in [0.15, 0.2) is 0 Å². The van der Waals surface area contributed by atoms with Gasteiger partial charge in [0.15, 0.2) is 0 Å². The standard InChI is InChI=1S/C10H18N2OS2/c13-10(9-8-14-6-7-15-9)12-4-1-2-11-3-5-12/h9,11H,1-8H2/t9-/m0/s1. The maximum absolute atomic E-state index is 12.2. The van der Waals surface area contributed by atoms with Crippen molar-refractivity contribution in [3.63, 3.8) is 0 Å². The topological polar surface area (TPSA) is 32.3 Å². The van der Waals surface area contributed by atoms with Crippen molar-refractivity contribution >= 4 is 29.4 Å². The quantitative estimate of drug-likeness (QED) is 0.736. The number of carbonyl (C=O) groups excluding carboxylic acids is 1. The highest BCUT2D eigenvalue weighted by molar-refractivity contribution is 8.07. The van der Waals surface area contributed by atoms with E-state index in [1.165, 1.54) is 5.75 Å². The SMILES string of the molecule is O=C([C@@H]1CSCCS1)N1CCCNCC1. The molecule has 0 aromatic carbocycles. The Morgan fingerprint density at radius 1 is 1.27 bits per heavy atom. The van der Waals surface area contributed by atoms with Crippen LogP contribution >= 0.6 is 23.5 Å². The third kappa shape index (κ3) is 3.29. The fourth-order valence-electron chi connectivity index (χ4n) is 1.90. The molecular weight excluding hydrogens is 228 g/mol. The molecule has 1 amide bonds. The largest absolute Gasteiger partial charge is 0.340 e. The van der Waals surface area contributed by atoms with Gasteiger partial charge in [0, 0.05) is 36.9 Å². The average molecular weight is 246 g/mol. The Balaban J connectivity index is 1.87. The van der Waals surface area contributed by atoms with Gasteiger partial charge in [0.1, 0.15) is 0 Å². The lowest BCUT2D eigenvalue weighted by molar-refractivity contribution is -0.130. The molecule has 2 aliphatic rings. The molecule has 86 valence electrons. The van der Waals surface area contributed by atoms with Crippen molar-refractivity contribution in [3.05, 3.63) is 0 Å². The highest BCUT2D eigenvalue weighted by atomic mass is 32.2. The number of hydrogen-bond donors (Lipinski definition) is 1. The third-order valence-electron chi connectivity index (χ3n) is 2.74. The van der Waals surface area contributed by atoms with E-state index in [0.29, 0.717) is 5.91 Å². The highest BCUT2D eigenvalue weighted by Gasteiger charge is 2.26. The van der Waals surface area contributed by atoms with Gasteiger partial charge in [0.05, 0.1) is 5.25 Å². The summed E-state index contributed by atoms with van der Waals surface area (Å²) in [7, 11) is 0. The number of amides is 1. The Labute approximate surface area is 99.7 Å². The smallest absolute Gasteiger partial charge is 0.236 e. The molecule has 0 saturated carbocycles. The van der Waals surface area contributed by atoms with Gasteiger partial charge in [-0.2, -0.15) is 11.8 Å². The van der Waals surface area contributed by atoms with E-state index in [9.17, 15) is 4.79 Å². The van der Waals surface area contributed by atoms with Crippen molar-refractivity contribution in [2.24, 2.45) is 0 Å². The fraction of sp³-hybridized carbons (Fsp3) is 0.900. The van der Waals surface area contributed by atoms with Crippen LogP contribution in [-0.4, -0.2) is 59.5 Å². The second kappa shape index (κ2) is 6.01. The van der Waals surface area contributed by atoms with Crippen LogP contribution in [0, 0.1) is 0 Å². The minimum absolute atomic E-state index is 0.224. The lowest BCUT2D eigenvalue weighted by Gasteiger charge is -2.27. The molecule has 2 rings (SSSR count). The second-order valence-corrected chi connectivity index (χ2v) is 6.32. The van der Waals surface area contributed by atoms with Crippen molar-refractivity contribution < 1.29 is 4.79 Å². The fourth-order valence-corrected chi connectivity index (χ4v) is 4.53. The first kappa shape index (κ1) is 11.6. The van der Waals surface area contributed by atoms with E-state index in [0.717, 1.165) is 44.1 Å². The lowest BCUT2D eigenvalue weighted by Crippen LogP contribution is -2.41. The van der Waals surface area contributed by atoms with Gasteiger partial charge in [-0.25, -0.2) is 0 Å². The van der Waals surface area contributed by atoms with Gasteiger partial charge in [-0.15, -0.1) is 11.8 Å². The first-order chi connectivity index (χ1) is 7.38. The van der Waals surface area contributed by atoms with Crippen molar-refractivity contribution in [1.29, 1.82) is 0 Å². The summed E-state index contributed by atoms with van der Waals surface area (Å²) in [5, 5.41) is 3.55. The molecule has 0 aromatic heterocycles. The number of thioether (sulfide) groups is 2. The molecule has 2 heterocycles. The molecule has 0 aliphatic carbocycles. The maximum Gasteiger partial charge on any atom is 0.236 e. The molecule has 15 heavy (non-hydrogen) atoms. The predicted molar refractivity (Wildman–Crippen MR) is 67.6 cm³/mol. The van der Waals surface area contributed by atoms with Crippen LogP contribution in [0.1, 0.15) is 6.42 Å². The van der Waals surface area contributed by atoms with Crippen LogP contribution < -0.4 is 5.32 Å². The molecule has 5 heteroatoms. The highest BCUT2D eigenvalue weighted by Crippen LogP contribution is 2.25. The van der Waals surface area contributed by atoms with E-state index in [2.05, 4.69) is 5.32 Å². The van der Waals surface area contributed by atoms with Crippen LogP contribution in [0.2, 0.25) is 0 Å². The Hall–Kier alpha value is 0.130. The van der Waals surface area contributed by atoms with Gasteiger partial charge >= 0.3 is 0 Å². The molecule has 0 unspecified atom stereocenters. The summed E-state index contributed by atoms with van der Waals surface area (Å²) in [5.74, 6) is 3.72. The molecule has 0 bridgehead atoms. The van der Waals surface area contributed by atoms with Crippen molar-refractivity contribution in [2.45, 2.75) is 11.7 Å². The van der Waals surface area contributed by atoms with Gasteiger partial charge in [-0.1, -0.05) is 0 Å². The van der Waals surface area contributed by atoms with Crippen LogP contribution in [0.3, 0.4) is 0 Å². The Morgan fingerprint density at radius 3 is 3.00 bits per heavy atom. The monoisotopic (exact) mass is 246 g/mol. The summed E-state index contributed by atoms with van der Waals surface area (Å²) in [4.78, 5) is 14.2. The molecule has 0 aromatic rings. The predicted octanol–water partition coefficient (Wildman–Crippen LogP) is 0.657. The van der Waals surface area contributed by atoms with E-state index >= 15 is 0 Å². The average Bonchev–Trinajstić information content (AvgIpc) is 2.58. The molecule has 0 radical (unpaired) electrons. The number of nitrogens with one attached hydrogen (secondary N) is 1. The van der Waals surface area contributed by atoms with Gasteiger partial charge in [0.2, 0.25) is 5.91 Å². The second-order valence-electron chi connectivity index (χ2n) is 3.86. The summed E-state index contributed by atoms with van der Waals surface area (Å²) in [5.41, 5.74) is 0. The van der Waals surface area contributed by atoms with Crippen LogP contribution in [0.25, 0.3) is 0 Å². The van der Waals surface area contributed by atoms with Crippen molar-refractivity contribution in [3.8, 4) is 0 Å². The molecule has 2 aliphatic heterocycles. The minimum atomic E-state index is 0.224. The van der Waals surface area contributed by atoms with Crippen LogP contribution in [0.5, 0.6) is 0 Å². The molecule has 2 fully saturated rings. The van der Waals surface area contributed by atoms with E-state index in [1.807, 2.05) is 28.4 Å². The Morgan fingerprint density at radius 2 is 2.20 bits per heavy atom. The summed E-state index contributed by atoms with van der Waals surface area (Å²) >= 11 is 3.76. The number of nitrogens with zero attached hydrogens (tertiary/aromatic N) is 1. The minimum Gasteiger partial charge on any atom is -0.340 e. The summed E-state index contributed by atoms with van der Waals surface area (Å²) in [6.45, 7) is 3.83. The summed E-state index contributed by atoms with van der Waals surface area (Å²) in [6, 6.07) is 0. The molecule has 0 spiro atoms. The maximum atomic E-state index is 12.2. The molecule has 1 N–H and O–H groups in total. The van der Waals surface area contributed by atoms with E-state index < -0.39 is 0 Å². The molecular formula is C10H18N2OS2. The van der Waals surface area contributed by atoms with Gasteiger partial charge in [-0.05, 0) is 13.0 Å². The van der Waals surface area contributed by atoms with Crippen molar-refractivity contribution in [2.75, 3.05) is 43.4 Å². The van der Waals surface area contributed by atoms with Gasteiger partial charge < -0.3 is 10.2 Å². The Bertz CT molecular complexity index is 211. The molecule has 1 atom stereocenters. The zero-order valence-electron chi connectivity index (χ0n) is 8.91. The first-order valence-electron chi connectivity index (χ1n) is 5.57. The van der Waals surface area contributed by atoms with Crippen LogP contribution in [0.4, 0.5) is 0 Å². The summed E-state index contributed by atoms with van der Waals surface area (Å²) < 4.78 is 0. The first-order valence-corrected chi connectivity index (χ1v) is 7.77. The van der Waals surface area contributed by atoms with Crippen molar-refractivity contribution in [1.82, 2.24) is 10.2 Å². The third-order valence-corrected chi connectivity index (χ3v) is 5.48. The number of rotatable bonds is 1. The van der Waals surface area contributed by atoms with Crippen LogP contribution in [-0.2, 0) is 4.79 Å². The van der Waals surface area contributed by atoms with Gasteiger partial charge in [-0.3, -0.25) is 4.79 Å². The zero-order chi connectivity index (χ0) is 10.5. The number of hydrogen-bond acceptors (Lipinski definition) is 4. The Kier molecular flexibility index (Phi) is 4.65. The van der Waals surface area contributed by atoms with E-state index in [1.54, 1.807) is 0 Å². The lowest BCUT2D eigenvalue weighted by atomic mass is 10.3. The molecule has 2 saturated heterocycles. The van der Waals surface area contributed by atoms with E-state index in [-0.39, 0.29) is 5.25 Å². The normalized spacial score (nSPS) is 28.5.